The van der Waals surface area contributed by atoms with Crippen molar-refractivity contribution in [1.82, 2.24) is 15.2 Å². The smallest absolute Gasteiger partial charge is 0.0547 e. The summed E-state index contributed by atoms with van der Waals surface area (Å²) in [4.78, 5) is 7.12. The highest BCUT2D eigenvalue weighted by atomic mass is 15.1. The van der Waals surface area contributed by atoms with E-state index in [-0.39, 0.29) is 0 Å². The van der Waals surface area contributed by atoms with Gasteiger partial charge in [0.1, 0.15) is 0 Å². The highest BCUT2D eigenvalue weighted by Gasteiger charge is 2.15. The fraction of sp³-hybridized carbons (Fsp3) is 0.688. The molecular formula is C16H27N3. The molecule has 1 aromatic rings. The van der Waals surface area contributed by atoms with Gasteiger partial charge in [0, 0.05) is 19.6 Å². The van der Waals surface area contributed by atoms with Crippen molar-refractivity contribution in [2.45, 2.75) is 45.2 Å². The number of hydrogen-bond acceptors (Lipinski definition) is 3. The van der Waals surface area contributed by atoms with Gasteiger partial charge in [0.15, 0.2) is 0 Å². The van der Waals surface area contributed by atoms with E-state index in [2.05, 4.69) is 35.5 Å². The van der Waals surface area contributed by atoms with Gasteiger partial charge in [-0.15, -0.1) is 0 Å². The van der Waals surface area contributed by atoms with Gasteiger partial charge in [-0.1, -0.05) is 25.3 Å². The Balaban J connectivity index is 1.83. The Kier molecular flexibility index (Phi) is 5.80. The number of nitrogens with one attached hydrogen (secondary N) is 1. The van der Waals surface area contributed by atoms with Crippen molar-refractivity contribution in [2.24, 2.45) is 5.92 Å². The topological polar surface area (TPSA) is 28.2 Å². The number of rotatable bonds is 6. The maximum atomic E-state index is 4.69. The van der Waals surface area contributed by atoms with E-state index in [1.165, 1.54) is 44.3 Å². The molecule has 1 fully saturated rings. The third-order valence-electron chi connectivity index (χ3n) is 3.95. The summed E-state index contributed by atoms with van der Waals surface area (Å²) >= 11 is 0. The summed E-state index contributed by atoms with van der Waals surface area (Å²) in [5, 5.41) is 3.15. The van der Waals surface area contributed by atoms with Crippen LogP contribution in [0.1, 0.15) is 43.5 Å². The standard InChI is InChI=1S/C16H27N3/c1-17-11-15-9-6-10-16(18-15)13-19(2)12-14-7-4-3-5-8-14/h6,9-10,14,17H,3-5,7-8,11-13H2,1-2H3. The lowest BCUT2D eigenvalue weighted by Gasteiger charge is -2.26. The quantitative estimate of drug-likeness (QED) is 0.853. The van der Waals surface area contributed by atoms with E-state index in [1.807, 2.05) is 7.05 Å². The predicted molar refractivity (Wildman–Crippen MR) is 79.9 cm³/mol. The van der Waals surface area contributed by atoms with Gasteiger partial charge in [-0.2, -0.15) is 0 Å². The van der Waals surface area contributed by atoms with Gasteiger partial charge in [0.25, 0.3) is 0 Å². The van der Waals surface area contributed by atoms with Crippen LogP contribution in [0.3, 0.4) is 0 Å². The largest absolute Gasteiger partial charge is 0.314 e. The average Bonchev–Trinajstić information content (AvgIpc) is 2.40. The molecule has 1 aliphatic rings. The normalized spacial score (nSPS) is 17.0. The first-order valence-corrected chi connectivity index (χ1v) is 7.56. The van der Waals surface area contributed by atoms with Gasteiger partial charge in [-0.25, -0.2) is 0 Å². The molecule has 0 bridgehead atoms. The Bertz CT molecular complexity index is 372. The zero-order chi connectivity index (χ0) is 13.5. The fourth-order valence-corrected chi connectivity index (χ4v) is 3.05. The van der Waals surface area contributed by atoms with E-state index in [1.54, 1.807) is 0 Å². The Morgan fingerprint density at radius 1 is 1.21 bits per heavy atom. The van der Waals surface area contributed by atoms with Gasteiger partial charge >= 0.3 is 0 Å². The summed E-state index contributed by atoms with van der Waals surface area (Å²) in [6.45, 7) is 3.03. The van der Waals surface area contributed by atoms with Crippen molar-refractivity contribution in [1.29, 1.82) is 0 Å². The highest BCUT2D eigenvalue weighted by Crippen LogP contribution is 2.24. The average molecular weight is 261 g/mol. The predicted octanol–water partition coefficient (Wildman–Crippen LogP) is 2.81. The molecule has 0 unspecified atom stereocenters. The molecule has 3 heteroatoms. The van der Waals surface area contributed by atoms with Gasteiger partial charge in [0.2, 0.25) is 0 Å². The van der Waals surface area contributed by atoms with Crippen LogP contribution in [0, 0.1) is 5.92 Å². The van der Waals surface area contributed by atoms with Crippen LogP contribution in [0.15, 0.2) is 18.2 Å². The molecule has 1 saturated carbocycles. The van der Waals surface area contributed by atoms with Crippen LogP contribution in [0.5, 0.6) is 0 Å². The zero-order valence-corrected chi connectivity index (χ0v) is 12.4. The summed E-state index contributed by atoms with van der Waals surface area (Å²) in [5.41, 5.74) is 2.32. The monoisotopic (exact) mass is 261 g/mol. The van der Waals surface area contributed by atoms with E-state index in [0.717, 1.165) is 24.7 Å². The first-order valence-electron chi connectivity index (χ1n) is 7.56. The molecule has 19 heavy (non-hydrogen) atoms. The van der Waals surface area contributed by atoms with Crippen molar-refractivity contribution < 1.29 is 0 Å². The van der Waals surface area contributed by atoms with Crippen LogP contribution in [0.4, 0.5) is 0 Å². The Hall–Kier alpha value is -0.930. The second-order valence-corrected chi connectivity index (χ2v) is 5.85. The van der Waals surface area contributed by atoms with E-state index in [4.69, 9.17) is 4.98 Å². The van der Waals surface area contributed by atoms with Crippen molar-refractivity contribution in [3.05, 3.63) is 29.6 Å². The summed E-state index contributed by atoms with van der Waals surface area (Å²) in [6, 6.07) is 6.33. The van der Waals surface area contributed by atoms with E-state index in [0.29, 0.717) is 0 Å². The molecule has 3 nitrogen and oxygen atoms in total. The Morgan fingerprint density at radius 2 is 1.95 bits per heavy atom. The lowest BCUT2D eigenvalue weighted by atomic mass is 9.89. The molecule has 2 rings (SSSR count). The van der Waals surface area contributed by atoms with Crippen LogP contribution in [0.25, 0.3) is 0 Å². The molecular weight excluding hydrogens is 234 g/mol. The molecule has 0 amide bonds. The number of pyridine rings is 1. The van der Waals surface area contributed by atoms with E-state index < -0.39 is 0 Å². The molecule has 0 aliphatic heterocycles. The molecule has 106 valence electrons. The number of hydrogen-bond donors (Lipinski definition) is 1. The van der Waals surface area contributed by atoms with Gasteiger partial charge in [-0.05, 0) is 45.0 Å². The van der Waals surface area contributed by atoms with Crippen molar-refractivity contribution in [3.63, 3.8) is 0 Å². The summed E-state index contributed by atoms with van der Waals surface area (Å²) in [7, 11) is 4.19. The van der Waals surface area contributed by atoms with Crippen LogP contribution in [0.2, 0.25) is 0 Å². The molecule has 0 saturated heterocycles. The van der Waals surface area contributed by atoms with Crippen molar-refractivity contribution >= 4 is 0 Å². The summed E-state index contributed by atoms with van der Waals surface area (Å²) in [5.74, 6) is 0.902. The third kappa shape index (κ3) is 4.92. The molecule has 1 N–H and O–H groups in total. The lowest BCUT2D eigenvalue weighted by Crippen LogP contribution is -2.27. The highest BCUT2D eigenvalue weighted by molar-refractivity contribution is 5.11. The summed E-state index contributed by atoms with van der Waals surface area (Å²) < 4.78 is 0. The van der Waals surface area contributed by atoms with Crippen LogP contribution in [-0.2, 0) is 13.1 Å². The zero-order valence-electron chi connectivity index (χ0n) is 12.4. The van der Waals surface area contributed by atoms with Crippen LogP contribution in [-0.4, -0.2) is 30.5 Å². The Labute approximate surface area is 117 Å². The number of aromatic nitrogens is 1. The molecule has 0 atom stereocenters. The first kappa shape index (κ1) is 14.5. The molecule has 1 aromatic heterocycles. The van der Waals surface area contributed by atoms with Gasteiger partial charge in [0.05, 0.1) is 11.4 Å². The van der Waals surface area contributed by atoms with Gasteiger partial charge < -0.3 is 10.2 Å². The second-order valence-electron chi connectivity index (χ2n) is 5.85. The minimum Gasteiger partial charge on any atom is -0.314 e. The molecule has 1 heterocycles. The maximum absolute atomic E-state index is 4.69. The van der Waals surface area contributed by atoms with Crippen LogP contribution >= 0.6 is 0 Å². The third-order valence-corrected chi connectivity index (χ3v) is 3.95. The minimum atomic E-state index is 0.847. The van der Waals surface area contributed by atoms with Crippen LogP contribution < -0.4 is 5.32 Å². The lowest BCUT2D eigenvalue weighted by molar-refractivity contribution is 0.226. The molecule has 0 aromatic carbocycles. The first-order chi connectivity index (χ1) is 9.28. The van der Waals surface area contributed by atoms with Crippen molar-refractivity contribution in [2.75, 3.05) is 20.6 Å². The van der Waals surface area contributed by atoms with Gasteiger partial charge in [-0.3, -0.25) is 4.98 Å². The van der Waals surface area contributed by atoms with Crippen molar-refractivity contribution in [3.8, 4) is 0 Å². The molecule has 0 spiro atoms. The second kappa shape index (κ2) is 7.61. The Morgan fingerprint density at radius 3 is 2.68 bits per heavy atom. The summed E-state index contributed by atoms with van der Waals surface area (Å²) in [6.07, 6.45) is 7.12. The maximum Gasteiger partial charge on any atom is 0.0547 e. The fourth-order valence-electron chi connectivity index (χ4n) is 3.05. The molecule has 1 aliphatic carbocycles. The SMILES string of the molecule is CNCc1cccc(CN(C)CC2CCCCC2)n1. The number of nitrogens with zero attached hydrogens (tertiary/aromatic N) is 2. The minimum absolute atomic E-state index is 0.847. The van der Waals surface area contributed by atoms with E-state index in [9.17, 15) is 0 Å². The molecule has 0 radical (unpaired) electrons. The van der Waals surface area contributed by atoms with E-state index >= 15 is 0 Å².